The van der Waals surface area contributed by atoms with Crippen LogP contribution in [0.3, 0.4) is 0 Å². The van der Waals surface area contributed by atoms with E-state index in [-0.39, 0.29) is 24.4 Å². The van der Waals surface area contributed by atoms with Crippen molar-refractivity contribution in [2.75, 3.05) is 13.1 Å². The second-order valence-electron chi connectivity index (χ2n) is 9.55. The van der Waals surface area contributed by atoms with Crippen molar-refractivity contribution in [1.82, 2.24) is 10.2 Å². The summed E-state index contributed by atoms with van der Waals surface area (Å²) < 4.78 is 15.8. The molecule has 0 aromatic heterocycles. The molecule has 1 aliphatic heterocycles. The van der Waals surface area contributed by atoms with Crippen LogP contribution < -0.4 is 11.1 Å². The number of esters is 2. The molecular weight excluding hydrogens is 438 g/mol. The second-order valence-corrected chi connectivity index (χ2v) is 10.0. The minimum Gasteiger partial charge on any atom is -0.460 e. The van der Waals surface area contributed by atoms with Gasteiger partial charge in [0.1, 0.15) is 28.8 Å². The van der Waals surface area contributed by atoms with Crippen LogP contribution in [0.1, 0.15) is 67.2 Å². The molecule has 2 atom stereocenters. The van der Waals surface area contributed by atoms with Gasteiger partial charge in [0.05, 0.1) is 0 Å². The van der Waals surface area contributed by atoms with E-state index in [1.54, 1.807) is 41.5 Å². The van der Waals surface area contributed by atoms with Gasteiger partial charge >= 0.3 is 18.0 Å². The Morgan fingerprint density at radius 3 is 2.22 bits per heavy atom. The van der Waals surface area contributed by atoms with Gasteiger partial charge in [0, 0.05) is 19.4 Å². The number of alkyl carbamates (subject to hydrolysis) is 1. The Morgan fingerprint density at radius 1 is 1.09 bits per heavy atom. The maximum atomic E-state index is 12.7. The molecule has 0 aromatic rings. The minimum absolute atomic E-state index is 0.0281. The molecule has 1 heterocycles. The lowest BCUT2D eigenvalue weighted by Crippen LogP contribution is -2.48. The number of thiocarbonyl (C=S) groups is 1. The highest BCUT2D eigenvalue weighted by Gasteiger charge is 2.37. The van der Waals surface area contributed by atoms with Crippen molar-refractivity contribution in [2.45, 2.75) is 90.6 Å². The standard InChI is InChI=1S/C21H35N3O7S/c1-20(2,3)30-16(26)10-9-14(17(22)32)29-18(27)13-8-7-11-24(13)15(25)12-23-19(28)31-21(4,5)6/h13-14H,7-12H2,1-6H3,(H2,22,32)(H,23,28)/t13-,14-/m0/s1. The first kappa shape index (κ1) is 27.6. The van der Waals surface area contributed by atoms with Crippen LogP contribution in [0, 0.1) is 0 Å². The molecule has 0 radical (unpaired) electrons. The van der Waals surface area contributed by atoms with Crippen molar-refractivity contribution in [3.63, 3.8) is 0 Å². The van der Waals surface area contributed by atoms with Crippen LogP contribution in [0.2, 0.25) is 0 Å². The van der Waals surface area contributed by atoms with Crippen molar-refractivity contribution >= 4 is 41.1 Å². The highest BCUT2D eigenvalue weighted by molar-refractivity contribution is 7.80. The number of carbonyl (C=O) groups is 4. The van der Waals surface area contributed by atoms with Gasteiger partial charge in [-0.1, -0.05) is 12.2 Å². The van der Waals surface area contributed by atoms with Crippen molar-refractivity contribution in [3.05, 3.63) is 0 Å². The quantitative estimate of drug-likeness (QED) is 0.307. The van der Waals surface area contributed by atoms with Crippen LogP contribution in [0.15, 0.2) is 0 Å². The van der Waals surface area contributed by atoms with Crippen LogP contribution in [0.25, 0.3) is 0 Å². The summed E-state index contributed by atoms with van der Waals surface area (Å²) in [4.78, 5) is 50.2. The molecule has 0 unspecified atom stereocenters. The van der Waals surface area contributed by atoms with Crippen molar-refractivity contribution in [1.29, 1.82) is 0 Å². The normalized spacial score (nSPS) is 17.3. The fourth-order valence-corrected chi connectivity index (χ4v) is 3.16. The molecule has 1 fully saturated rings. The lowest BCUT2D eigenvalue weighted by Gasteiger charge is -2.26. The predicted molar refractivity (Wildman–Crippen MR) is 121 cm³/mol. The average molecular weight is 474 g/mol. The number of likely N-dealkylation sites (tertiary alicyclic amines) is 1. The Hall–Kier alpha value is -2.43. The van der Waals surface area contributed by atoms with Gasteiger partial charge in [-0.05, 0) is 54.4 Å². The molecule has 1 aliphatic rings. The van der Waals surface area contributed by atoms with E-state index in [0.29, 0.717) is 19.4 Å². The lowest BCUT2D eigenvalue weighted by molar-refractivity contribution is -0.159. The number of carbonyl (C=O) groups excluding carboxylic acids is 4. The summed E-state index contributed by atoms with van der Waals surface area (Å²) >= 11 is 4.97. The van der Waals surface area contributed by atoms with Gasteiger partial charge in [0.15, 0.2) is 6.10 Å². The third-order valence-corrected chi connectivity index (χ3v) is 4.50. The van der Waals surface area contributed by atoms with Crippen molar-refractivity contribution in [3.8, 4) is 0 Å². The summed E-state index contributed by atoms with van der Waals surface area (Å²) in [7, 11) is 0. The predicted octanol–water partition coefficient (Wildman–Crippen LogP) is 1.82. The zero-order valence-corrected chi connectivity index (χ0v) is 20.5. The molecule has 11 heteroatoms. The van der Waals surface area contributed by atoms with Gasteiger partial charge in [0.2, 0.25) is 5.91 Å². The molecule has 1 rings (SSSR count). The summed E-state index contributed by atoms with van der Waals surface area (Å²) in [5.41, 5.74) is 4.36. The summed E-state index contributed by atoms with van der Waals surface area (Å²) in [6.07, 6.45) is -0.612. The first-order valence-electron chi connectivity index (χ1n) is 10.6. The van der Waals surface area contributed by atoms with Crippen molar-refractivity contribution in [2.24, 2.45) is 5.73 Å². The van der Waals surface area contributed by atoms with Gasteiger partial charge in [-0.3, -0.25) is 9.59 Å². The molecule has 1 saturated heterocycles. The fourth-order valence-electron chi connectivity index (χ4n) is 2.99. The molecule has 32 heavy (non-hydrogen) atoms. The topological polar surface area (TPSA) is 137 Å². The number of ether oxygens (including phenoxy) is 3. The van der Waals surface area contributed by atoms with Crippen LogP contribution in [0.5, 0.6) is 0 Å². The van der Waals surface area contributed by atoms with E-state index in [0.717, 1.165) is 0 Å². The molecular formula is C21H35N3O7S. The molecule has 182 valence electrons. The van der Waals surface area contributed by atoms with Gasteiger partial charge in [-0.2, -0.15) is 0 Å². The summed E-state index contributed by atoms with van der Waals surface area (Å²) in [6, 6.07) is -0.818. The monoisotopic (exact) mass is 473 g/mol. The van der Waals surface area contributed by atoms with E-state index in [4.69, 9.17) is 32.2 Å². The smallest absolute Gasteiger partial charge is 0.408 e. The first-order valence-corrected chi connectivity index (χ1v) is 11.0. The number of rotatable bonds is 8. The van der Waals surface area contributed by atoms with Gasteiger partial charge in [-0.15, -0.1) is 0 Å². The lowest BCUT2D eigenvalue weighted by atomic mass is 10.1. The maximum Gasteiger partial charge on any atom is 0.408 e. The molecule has 10 nitrogen and oxygen atoms in total. The highest BCUT2D eigenvalue weighted by Crippen LogP contribution is 2.20. The molecule has 2 amide bonds. The van der Waals surface area contributed by atoms with Gasteiger partial charge in [0.25, 0.3) is 0 Å². The number of hydrogen-bond donors (Lipinski definition) is 2. The molecule has 0 spiro atoms. The SMILES string of the molecule is CC(C)(C)OC(=O)CC[C@H](OC(=O)[C@@H]1CCCN1C(=O)CNC(=O)OC(C)(C)C)C(N)=S. The number of nitrogens with one attached hydrogen (secondary N) is 1. The van der Waals surface area contributed by atoms with Crippen molar-refractivity contribution < 1.29 is 33.4 Å². The number of hydrogen-bond acceptors (Lipinski definition) is 8. The number of nitrogens with zero attached hydrogens (tertiary/aromatic N) is 1. The van der Waals surface area contributed by atoms with E-state index in [1.807, 2.05) is 0 Å². The van der Waals surface area contributed by atoms with Crippen LogP contribution >= 0.6 is 12.2 Å². The van der Waals surface area contributed by atoms with Crippen LogP contribution in [-0.2, 0) is 28.6 Å². The average Bonchev–Trinajstić information content (AvgIpc) is 3.09. The molecule has 0 aliphatic carbocycles. The molecule has 0 aromatic carbocycles. The summed E-state index contributed by atoms with van der Waals surface area (Å²) in [6.45, 7) is 10.4. The molecule has 3 N–H and O–H groups in total. The third kappa shape index (κ3) is 10.3. The summed E-state index contributed by atoms with van der Waals surface area (Å²) in [5, 5.41) is 2.39. The Bertz CT molecular complexity index is 728. The van der Waals surface area contributed by atoms with E-state index in [1.165, 1.54) is 4.90 Å². The molecule has 0 saturated carbocycles. The number of amides is 2. The largest absolute Gasteiger partial charge is 0.460 e. The Kier molecular flexibility index (Phi) is 9.87. The van der Waals surface area contributed by atoms with Crippen LogP contribution in [-0.4, -0.2) is 70.3 Å². The van der Waals surface area contributed by atoms with E-state index >= 15 is 0 Å². The Morgan fingerprint density at radius 2 is 1.69 bits per heavy atom. The third-order valence-electron chi connectivity index (χ3n) is 4.23. The van der Waals surface area contributed by atoms with Crippen LogP contribution in [0.4, 0.5) is 4.79 Å². The van der Waals surface area contributed by atoms with E-state index < -0.39 is 47.3 Å². The van der Waals surface area contributed by atoms with E-state index in [9.17, 15) is 19.2 Å². The maximum absolute atomic E-state index is 12.7. The fraction of sp³-hybridized carbons (Fsp3) is 0.762. The van der Waals surface area contributed by atoms with E-state index in [2.05, 4.69) is 5.32 Å². The Balaban J connectivity index is 2.64. The summed E-state index contributed by atoms with van der Waals surface area (Å²) in [5.74, 6) is -1.55. The number of nitrogens with two attached hydrogens (primary N) is 1. The minimum atomic E-state index is -0.956. The van der Waals surface area contributed by atoms with Gasteiger partial charge < -0.3 is 30.2 Å². The Labute approximate surface area is 194 Å². The first-order chi connectivity index (χ1) is 14.6. The zero-order valence-electron chi connectivity index (χ0n) is 19.7. The molecule has 0 bridgehead atoms. The highest BCUT2D eigenvalue weighted by atomic mass is 32.1. The van der Waals surface area contributed by atoms with Gasteiger partial charge in [-0.25, -0.2) is 9.59 Å². The zero-order chi connectivity index (χ0) is 24.7. The second kappa shape index (κ2) is 11.4.